The van der Waals surface area contributed by atoms with E-state index in [9.17, 15) is 9.59 Å². The molecule has 2 aromatic rings. The summed E-state index contributed by atoms with van der Waals surface area (Å²) in [6.07, 6.45) is 0. The maximum atomic E-state index is 12.4. The number of hydrogen-bond donors (Lipinski definition) is 2. The highest BCUT2D eigenvalue weighted by Crippen LogP contribution is 2.36. The van der Waals surface area contributed by atoms with Crippen molar-refractivity contribution in [2.75, 3.05) is 10.6 Å². The van der Waals surface area contributed by atoms with Crippen molar-refractivity contribution in [2.24, 2.45) is 0 Å². The number of anilines is 3. The first-order chi connectivity index (χ1) is 10.8. The minimum atomic E-state index is -0.609. The number of ketones is 1. The second-order valence-electron chi connectivity index (χ2n) is 6.21. The van der Waals surface area contributed by atoms with Crippen molar-refractivity contribution in [1.29, 1.82) is 0 Å². The van der Waals surface area contributed by atoms with Crippen LogP contribution in [0.1, 0.15) is 36.7 Å². The molecular weight excluding hydrogens is 312 g/mol. The summed E-state index contributed by atoms with van der Waals surface area (Å²) < 4.78 is 0. The highest BCUT2D eigenvalue weighted by Gasteiger charge is 2.28. The number of hydrogen-bond acceptors (Lipinski definition) is 3. The third-order valence-corrected chi connectivity index (χ3v) is 4.60. The van der Waals surface area contributed by atoms with Gasteiger partial charge in [-0.15, -0.1) is 0 Å². The van der Waals surface area contributed by atoms with Crippen LogP contribution in [0.2, 0.25) is 5.02 Å². The lowest BCUT2D eigenvalue weighted by Gasteiger charge is -2.23. The molecule has 0 saturated carbocycles. The van der Waals surface area contributed by atoms with Gasteiger partial charge in [0.1, 0.15) is 5.78 Å². The van der Waals surface area contributed by atoms with Crippen LogP contribution in [0.15, 0.2) is 36.4 Å². The van der Waals surface area contributed by atoms with Crippen LogP contribution in [0.5, 0.6) is 0 Å². The Bertz CT molecular complexity index is 828. The third-order valence-electron chi connectivity index (χ3n) is 4.37. The first kappa shape index (κ1) is 15.6. The Hall–Kier alpha value is -2.33. The highest BCUT2D eigenvalue weighted by molar-refractivity contribution is 6.31. The third kappa shape index (κ3) is 2.70. The fourth-order valence-electron chi connectivity index (χ4n) is 2.50. The van der Waals surface area contributed by atoms with Crippen LogP contribution in [-0.2, 0) is 10.2 Å². The van der Waals surface area contributed by atoms with Crippen LogP contribution in [0.4, 0.5) is 17.1 Å². The molecule has 1 amide bonds. The van der Waals surface area contributed by atoms with Gasteiger partial charge in [-0.2, -0.15) is 0 Å². The Morgan fingerprint density at radius 2 is 1.74 bits per heavy atom. The zero-order valence-electron chi connectivity index (χ0n) is 13.2. The summed E-state index contributed by atoms with van der Waals surface area (Å²) in [6, 6.07) is 10.7. The fourth-order valence-corrected chi connectivity index (χ4v) is 2.67. The minimum Gasteiger partial charge on any atom is -0.353 e. The van der Waals surface area contributed by atoms with E-state index < -0.39 is 5.41 Å². The molecule has 0 fully saturated rings. The molecule has 1 heterocycles. The lowest BCUT2D eigenvalue weighted by Crippen LogP contribution is -2.26. The number of fused-ring (bicyclic) bond motifs is 2. The first-order valence-corrected chi connectivity index (χ1v) is 7.70. The minimum absolute atomic E-state index is 0.0698. The van der Waals surface area contributed by atoms with Crippen LogP contribution in [0.25, 0.3) is 0 Å². The molecule has 0 bridgehead atoms. The molecule has 5 heteroatoms. The van der Waals surface area contributed by atoms with E-state index >= 15 is 0 Å². The van der Waals surface area contributed by atoms with Gasteiger partial charge in [-0.3, -0.25) is 9.59 Å². The van der Waals surface area contributed by atoms with Crippen LogP contribution < -0.4 is 10.6 Å². The summed E-state index contributed by atoms with van der Waals surface area (Å²) in [7, 11) is 0. The molecule has 1 aliphatic heterocycles. The summed E-state index contributed by atoms with van der Waals surface area (Å²) in [6.45, 7) is 5.31. The largest absolute Gasteiger partial charge is 0.353 e. The van der Waals surface area contributed by atoms with E-state index in [1.165, 1.54) is 0 Å². The topological polar surface area (TPSA) is 58.2 Å². The maximum Gasteiger partial charge on any atom is 0.257 e. The molecule has 2 aromatic carbocycles. The van der Waals surface area contributed by atoms with E-state index in [1.54, 1.807) is 25.1 Å². The summed E-state index contributed by atoms with van der Waals surface area (Å²) in [4.78, 5) is 24.3. The standard InChI is InChI=1S/C18H17ClN2O2/c1-10(22)18(2,3)11-4-7-14-16(8-11)21-17(23)13-6-5-12(19)9-15(13)20-14/h4-9,20H,1-3H3,(H,21,23). The molecule has 0 aromatic heterocycles. The number of halogens is 1. The maximum absolute atomic E-state index is 12.4. The van der Waals surface area contributed by atoms with Gasteiger partial charge < -0.3 is 10.6 Å². The SMILES string of the molecule is CC(=O)C(C)(C)c1ccc2c(c1)NC(=O)c1ccc(Cl)cc1N2. The van der Waals surface area contributed by atoms with Gasteiger partial charge in [0.05, 0.1) is 22.6 Å². The zero-order chi connectivity index (χ0) is 16.8. The molecule has 0 atom stereocenters. The van der Waals surface area contributed by atoms with Crippen molar-refractivity contribution in [3.63, 3.8) is 0 Å². The van der Waals surface area contributed by atoms with Crippen molar-refractivity contribution in [1.82, 2.24) is 0 Å². The molecule has 0 unspecified atom stereocenters. The summed E-state index contributed by atoms with van der Waals surface area (Å²) in [5.74, 6) is -0.138. The number of benzene rings is 2. The van der Waals surface area contributed by atoms with Crippen molar-refractivity contribution < 1.29 is 9.59 Å². The van der Waals surface area contributed by atoms with E-state index in [0.29, 0.717) is 22.0 Å². The van der Waals surface area contributed by atoms with Gasteiger partial charge >= 0.3 is 0 Å². The summed E-state index contributed by atoms with van der Waals surface area (Å²) in [5.41, 5.74) is 2.85. The average molecular weight is 329 g/mol. The number of rotatable bonds is 2. The predicted molar refractivity (Wildman–Crippen MR) is 92.8 cm³/mol. The molecule has 1 aliphatic rings. The molecular formula is C18H17ClN2O2. The van der Waals surface area contributed by atoms with Crippen LogP contribution in [-0.4, -0.2) is 11.7 Å². The summed E-state index contributed by atoms with van der Waals surface area (Å²) in [5, 5.41) is 6.68. The van der Waals surface area contributed by atoms with Crippen molar-refractivity contribution in [3.05, 3.63) is 52.5 Å². The fraction of sp³-hybridized carbons (Fsp3) is 0.222. The van der Waals surface area contributed by atoms with Gasteiger partial charge in [0.15, 0.2) is 0 Å². The van der Waals surface area contributed by atoms with E-state index in [4.69, 9.17) is 11.6 Å². The van der Waals surface area contributed by atoms with E-state index in [1.807, 2.05) is 32.0 Å². The van der Waals surface area contributed by atoms with Gasteiger partial charge in [0.25, 0.3) is 5.91 Å². The Morgan fingerprint density at radius 1 is 1.00 bits per heavy atom. The van der Waals surface area contributed by atoms with Crippen LogP contribution in [0, 0.1) is 0 Å². The van der Waals surface area contributed by atoms with Gasteiger partial charge in [-0.1, -0.05) is 17.7 Å². The van der Waals surface area contributed by atoms with E-state index in [-0.39, 0.29) is 11.7 Å². The van der Waals surface area contributed by atoms with Crippen molar-refractivity contribution in [3.8, 4) is 0 Å². The number of carbonyl (C=O) groups excluding carboxylic acids is 2. The Kier molecular flexibility index (Phi) is 3.65. The van der Waals surface area contributed by atoms with Gasteiger partial charge in [0, 0.05) is 10.4 Å². The lowest BCUT2D eigenvalue weighted by atomic mass is 9.81. The smallest absolute Gasteiger partial charge is 0.257 e. The molecule has 0 saturated heterocycles. The molecule has 0 aliphatic carbocycles. The Labute approximate surface area is 139 Å². The molecule has 4 nitrogen and oxygen atoms in total. The second kappa shape index (κ2) is 5.39. The Morgan fingerprint density at radius 3 is 2.43 bits per heavy atom. The number of amides is 1. The molecule has 0 radical (unpaired) electrons. The second-order valence-corrected chi connectivity index (χ2v) is 6.65. The molecule has 2 N–H and O–H groups in total. The normalized spacial score (nSPS) is 13.3. The molecule has 3 rings (SSSR count). The first-order valence-electron chi connectivity index (χ1n) is 7.32. The predicted octanol–water partition coefficient (Wildman–Crippen LogP) is 4.52. The zero-order valence-corrected chi connectivity index (χ0v) is 13.9. The number of nitrogens with one attached hydrogen (secondary N) is 2. The quantitative estimate of drug-likeness (QED) is 0.852. The van der Waals surface area contributed by atoms with E-state index in [2.05, 4.69) is 10.6 Å². The number of carbonyl (C=O) groups is 2. The van der Waals surface area contributed by atoms with Crippen LogP contribution in [0.3, 0.4) is 0 Å². The molecule has 0 spiro atoms. The van der Waals surface area contributed by atoms with Crippen LogP contribution >= 0.6 is 11.6 Å². The van der Waals surface area contributed by atoms with E-state index in [0.717, 1.165) is 11.3 Å². The van der Waals surface area contributed by atoms with Gasteiger partial charge in [-0.05, 0) is 56.7 Å². The molecule has 23 heavy (non-hydrogen) atoms. The summed E-state index contributed by atoms with van der Waals surface area (Å²) >= 11 is 6.02. The monoisotopic (exact) mass is 328 g/mol. The lowest BCUT2D eigenvalue weighted by molar-refractivity contribution is -0.121. The molecule has 118 valence electrons. The Balaban J connectivity index is 2.08. The average Bonchev–Trinajstić information content (AvgIpc) is 2.61. The van der Waals surface area contributed by atoms with Gasteiger partial charge in [-0.25, -0.2) is 0 Å². The number of Topliss-reactive ketones (excluding diaryl/α,β-unsaturated/α-hetero) is 1. The van der Waals surface area contributed by atoms with Crippen molar-refractivity contribution in [2.45, 2.75) is 26.2 Å². The van der Waals surface area contributed by atoms with Crippen molar-refractivity contribution >= 4 is 40.4 Å². The van der Waals surface area contributed by atoms with Gasteiger partial charge in [0.2, 0.25) is 0 Å². The highest BCUT2D eigenvalue weighted by atomic mass is 35.5.